The van der Waals surface area contributed by atoms with Gasteiger partial charge in [-0.3, -0.25) is 9.59 Å². The van der Waals surface area contributed by atoms with Gasteiger partial charge >= 0.3 is 0 Å². The molecule has 1 fully saturated rings. The molecule has 5 N–H and O–H groups in total. The molecule has 9 nitrogen and oxygen atoms in total. The molecule has 29 heavy (non-hydrogen) atoms. The van der Waals surface area contributed by atoms with Crippen molar-refractivity contribution in [2.75, 3.05) is 6.61 Å². The van der Waals surface area contributed by atoms with Gasteiger partial charge in [-0.05, 0) is 25.5 Å². The lowest BCUT2D eigenvalue weighted by atomic mass is 9.89. The largest absolute Gasteiger partial charge is 0.507 e. The summed E-state index contributed by atoms with van der Waals surface area (Å²) in [4.78, 5) is 24.0. The quantitative estimate of drug-likeness (QED) is 0.471. The number of aliphatic hydroxyl groups is 4. The lowest BCUT2D eigenvalue weighted by Crippen LogP contribution is -2.55. The van der Waals surface area contributed by atoms with Gasteiger partial charge in [0.05, 0.1) is 24.0 Å². The van der Waals surface area contributed by atoms with E-state index in [4.69, 9.17) is 9.15 Å². The van der Waals surface area contributed by atoms with Crippen molar-refractivity contribution in [3.8, 4) is 5.75 Å². The average Bonchev–Trinajstić information content (AvgIpc) is 2.60. The van der Waals surface area contributed by atoms with Gasteiger partial charge in [0, 0.05) is 6.07 Å². The Balaban J connectivity index is 0.00000300. The Hall–Kier alpha value is -2.30. The smallest absolute Gasteiger partial charge is 0.193 e. The second-order valence-electron chi connectivity index (χ2n) is 7.04. The molecule has 1 aliphatic heterocycles. The molecule has 0 saturated carbocycles. The third-order valence-electron chi connectivity index (χ3n) is 4.87. The molecule has 0 amide bonds. The highest BCUT2D eigenvalue weighted by Crippen LogP contribution is 2.41. The highest BCUT2D eigenvalue weighted by molar-refractivity contribution is 5.86. The van der Waals surface area contributed by atoms with E-state index in [2.05, 4.69) is 0 Å². The highest BCUT2D eigenvalue weighted by atomic mass is 16.5. The predicted molar refractivity (Wildman–Crippen MR) is 103 cm³/mol. The van der Waals surface area contributed by atoms with E-state index in [9.17, 15) is 35.1 Å². The van der Waals surface area contributed by atoms with Crippen molar-refractivity contribution in [2.24, 2.45) is 0 Å². The minimum Gasteiger partial charge on any atom is -0.507 e. The number of ketones is 1. The molecule has 1 aromatic heterocycles. The zero-order valence-electron chi connectivity index (χ0n) is 15.3. The normalized spacial score (nSPS) is 26.9. The second-order valence-corrected chi connectivity index (χ2v) is 7.04. The van der Waals surface area contributed by atoms with Crippen molar-refractivity contribution in [2.45, 2.75) is 58.2 Å². The molecule has 2 heterocycles. The van der Waals surface area contributed by atoms with Crippen LogP contribution in [0.25, 0.3) is 11.0 Å². The standard InChI is InChI=1S/C19H22O9.CH4/c1-7-3-10(22)14(19-17(26)16(25)15(24)12(6-20)28-19)18-13(7)11(23)5-9(27-18)4-8(2)21;/h3,5,12,15-17,19-20,22,24-26H,4,6H2,1-2H3;1H4/t12-,15-,16+,17-,19?;/m1./s1. The summed E-state index contributed by atoms with van der Waals surface area (Å²) in [5, 5.41) is 50.5. The van der Waals surface area contributed by atoms with Gasteiger partial charge < -0.3 is 34.7 Å². The maximum Gasteiger partial charge on any atom is 0.193 e. The number of aryl methyl sites for hydroxylation is 1. The molecule has 0 spiro atoms. The topological polar surface area (TPSA) is 158 Å². The monoisotopic (exact) mass is 410 g/mol. The van der Waals surface area contributed by atoms with Crippen LogP contribution in [0.3, 0.4) is 0 Å². The van der Waals surface area contributed by atoms with Crippen molar-refractivity contribution in [1.82, 2.24) is 0 Å². The fraction of sp³-hybridized carbons (Fsp3) is 0.500. The van der Waals surface area contributed by atoms with Gasteiger partial charge in [0.15, 0.2) is 5.43 Å². The number of carbonyl (C=O) groups is 1. The molecule has 1 aromatic carbocycles. The number of carbonyl (C=O) groups excluding carboxylic acids is 1. The average molecular weight is 410 g/mol. The fourth-order valence-corrected chi connectivity index (χ4v) is 3.52. The summed E-state index contributed by atoms with van der Waals surface area (Å²) in [6, 6.07) is 2.48. The van der Waals surface area contributed by atoms with Gasteiger partial charge in [-0.25, -0.2) is 0 Å². The van der Waals surface area contributed by atoms with Crippen LogP contribution in [0.2, 0.25) is 0 Å². The van der Waals surface area contributed by atoms with Crippen molar-refractivity contribution in [3.63, 3.8) is 0 Å². The first kappa shape index (κ1) is 23.0. The molecule has 0 aliphatic carbocycles. The van der Waals surface area contributed by atoms with E-state index in [0.29, 0.717) is 5.56 Å². The molecule has 1 saturated heterocycles. The molecule has 160 valence electrons. The van der Waals surface area contributed by atoms with E-state index < -0.39 is 42.6 Å². The molecule has 1 unspecified atom stereocenters. The molecule has 9 heteroatoms. The van der Waals surface area contributed by atoms with Crippen LogP contribution in [-0.2, 0) is 16.0 Å². The van der Waals surface area contributed by atoms with Crippen LogP contribution >= 0.6 is 0 Å². The van der Waals surface area contributed by atoms with Crippen molar-refractivity contribution in [3.05, 3.63) is 39.2 Å². The first-order chi connectivity index (χ1) is 13.1. The fourth-order valence-electron chi connectivity index (χ4n) is 3.52. The zero-order chi connectivity index (χ0) is 20.7. The van der Waals surface area contributed by atoms with E-state index >= 15 is 0 Å². The first-order valence-corrected chi connectivity index (χ1v) is 8.74. The summed E-state index contributed by atoms with van der Waals surface area (Å²) >= 11 is 0. The Labute approximate surface area is 166 Å². The zero-order valence-corrected chi connectivity index (χ0v) is 15.3. The van der Waals surface area contributed by atoms with Crippen LogP contribution in [0, 0.1) is 6.92 Å². The molecular formula is C20H26O9. The van der Waals surface area contributed by atoms with E-state index in [0.717, 1.165) is 0 Å². The number of phenols is 1. The molecule has 0 radical (unpaired) electrons. The summed E-state index contributed by atoms with van der Waals surface area (Å²) in [5.74, 6) is -0.535. The summed E-state index contributed by atoms with van der Waals surface area (Å²) in [6.07, 6.45) is -7.65. The van der Waals surface area contributed by atoms with E-state index in [1.54, 1.807) is 6.92 Å². The third kappa shape index (κ3) is 4.05. The Morgan fingerprint density at radius 1 is 1.14 bits per heavy atom. The van der Waals surface area contributed by atoms with E-state index in [-0.39, 0.29) is 47.7 Å². The lowest BCUT2D eigenvalue weighted by molar-refractivity contribution is -0.231. The summed E-state index contributed by atoms with van der Waals surface area (Å²) in [6.45, 7) is 2.27. The predicted octanol–water partition coefficient (Wildman–Crippen LogP) is 0.0895. The highest BCUT2D eigenvalue weighted by Gasteiger charge is 2.45. The molecular weight excluding hydrogens is 384 g/mol. The Morgan fingerprint density at radius 2 is 1.79 bits per heavy atom. The van der Waals surface area contributed by atoms with Gasteiger partial charge in [-0.15, -0.1) is 0 Å². The second kappa shape index (κ2) is 8.60. The third-order valence-corrected chi connectivity index (χ3v) is 4.87. The van der Waals surface area contributed by atoms with E-state index in [1.807, 2.05) is 0 Å². The number of ether oxygens (including phenoxy) is 1. The number of Topliss-reactive ketones (excluding diaryl/α,β-unsaturated/α-hetero) is 1. The summed E-state index contributed by atoms with van der Waals surface area (Å²) in [5.41, 5.74) is -0.240. The van der Waals surface area contributed by atoms with Crippen LogP contribution < -0.4 is 5.43 Å². The van der Waals surface area contributed by atoms with Gasteiger partial charge in [-0.1, -0.05) is 7.43 Å². The summed E-state index contributed by atoms with van der Waals surface area (Å²) in [7, 11) is 0. The molecule has 5 atom stereocenters. The number of hydrogen-bond donors (Lipinski definition) is 5. The number of rotatable bonds is 4. The van der Waals surface area contributed by atoms with E-state index in [1.165, 1.54) is 19.1 Å². The number of fused-ring (bicyclic) bond motifs is 1. The van der Waals surface area contributed by atoms with Gasteiger partial charge in [-0.2, -0.15) is 0 Å². The number of benzene rings is 1. The van der Waals surface area contributed by atoms with Crippen LogP contribution in [0.4, 0.5) is 0 Å². The minimum atomic E-state index is -1.67. The van der Waals surface area contributed by atoms with Gasteiger partial charge in [0.2, 0.25) is 0 Å². The maximum absolute atomic E-state index is 12.6. The first-order valence-electron chi connectivity index (χ1n) is 8.74. The van der Waals surface area contributed by atoms with Crippen molar-refractivity contribution < 1.29 is 39.5 Å². The Kier molecular flexibility index (Phi) is 6.82. The number of aliphatic hydroxyl groups excluding tert-OH is 4. The number of aromatic hydroxyl groups is 1. The van der Waals surface area contributed by atoms with Crippen LogP contribution in [-0.4, -0.2) is 62.3 Å². The van der Waals surface area contributed by atoms with Crippen LogP contribution in [0.1, 0.15) is 37.3 Å². The maximum atomic E-state index is 12.6. The lowest BCUT2D eigenvalue weighted by Gasteiger charge is -2.40. The number of phenolic OH excluding ortho intramolecular Hbond substituents is 1. The van der Waals surface area contributed by atoms with Gasteiger partial charge in [0.1, 0.15) is 53.4 Å². The SMILES string of the molecule is C.CC(=O)Cc1cc(=O)c2c(C)cc(O)c(C3O[C@H](CO)[C@@H](O)[C@H](O)[C@H]3O)c2o1. The minimum absolute atomic E-state index is 0. The van der Waals surface area contributed by atoms with Crippen molar-refractivity contribution >= 4 is 16.8 Å². The Morgan fingerprint density at radius 3 is 2.38 bits per heavy atom. The molecule has 0 bridgehead atoms. The van der Waals surface area contributed by atoms with Crippen molar-refractivity contribution in [1.29, 1.82) is 0 Å². The number of hydrogen-bond acceptors (Lipinski definition) is 9. The van der Waals surface area contributed by atoms with Gasteiger partial charge in [0.25, 0.3) is 0 Å². The van der Waals surface area contributed by atoms with Crippen LogP contribution in [0.15, 0.2) is 21.3 Å². The Bertz CT molecular complexity index is 963. The molecule has 1 aliphatic rings. The molecule has 2 aromatic rings. The molecule has 3 rings (SSSR count). The van der Waals surface area contributed by atoms with Crippen LogP contribution in [0.5, 0.6) is 5.75 Å². The summed E-state index contributed by atoms with van der Waals surface area (Å²) < 4.78 is 11.2.